The number of hydrogen-bond donors (Lipinski definition) is 1. The zero-order valence-corrected chi connectivity index (χ0v) is 19.9. The van der Waals surface area contributed by atoms with Crippen molar-refractivity contribution in [1.29, 1.82) is 0 Å². The van der Waals surface area contributed by atoms with Crippen molar-refractivity contribution in [2.75, 3.05) is 4.90 Å². The Balaban J connectivity index is 1.64. The van der Waals surface area contributed by atoms with Crippen LogP contribution in [-0.2, 0) is 6.42 Å². The largest absolute Gasteiger partial charge is 0.334 e. The van der Waals surface area contributed by atoms with Crippen molar-refractivity contribution < 1.29 is 13.7 Å². The number of anilines is 1. The Morgan fingerprint density at radius 1 is 1.09 bits per heavy atom. The van der Waals surface area contributed by atoms with E-state index >= 15 is 0 Å². The summed E-state index contributed by atoms with van der Waals surface area (Å²) in [6, 6.07) is 20.0. The first kappa shape index (κ1) is 22.8. The normalized spacial score (nSPS) is 15.9. The maximum absolute atomic E-state index is 14.1. The molecule has 176 valence electrons. The molecule has 1 aliphatic heterocycles. The highest BCUT2D eigenvalue weighted by atomic mass is 35.5. The Labute approximate surface area is 207 Å². The zero-order chi connectivity index (χ0) is 24.5. The highest BCUT2D eigenvalue weighted by Crippen LogP contribution is 2.39. The monoisotopic (exact) mass is 488 g/mol. The van der Waals surface area contributed by atoms with Crippen LogP contribution in [0, 0.1) is 5.82 Å². The van der Waals surface area contributed by atoms with Gasteiger partial charge in [-0.2, -0.15) is 4.98 Å². The minimum atomic E-state index is -0.678. The van der Waals surface area contributed by atoms with Crippen LogP contribution in [0.2, 0.25) is 5.02 Å². The first-order valence-corrected chi connectivity index (χ1v) is 11.6. The van der Waals surface area contributed by atoms with E-state index in [0.29, 0.717) is 33.4 Å². The molecule has 0 bridgehead atoms. The highest BCUT2D eigenvalue weighted by Gasteiger charge is 2.36. The number of carbonyl (C=O) groups is 1. The van der Waals surface area contributed by atoms with Gasteiger partial charge in [-0.3, -0.25) is 4.90 Å². The van der Waals surface area contributed by atoms with E-state index in [0.717, 1.165) is 17.5 Å². The van der Waals surface area contributed by atoms with Crippen LogP contribution in [0.25, 0.3) is 17.0 Å². The molecule has 2 amide bonds. The van der Waals surface area contributed by atoms with Gasteiger partial charge in [0.25, 0.3) is 5.89 Å². The van der Waals surface area contributed by atoms with E-state index in [4.69, 9.17) is 16.1 Å². The van der Waals surface area contributed by atoms with Crippen LogP contribution in [0.3, 0.4) is 0 Å². The summed E-state index contributed by atoms with van der Waals surface area (Å²) >= 11 is 6.00. The number of halogens is 2. The summed E-state index contributed by atoms with van der Waals surface area (Å²) in [7, 11) is 0. The summed E-state index contributed by atoms with van der Waals surface area (Å²) in [6.07, 6.45) is 0.893. The van der Waals surface area contributed by atoms with Gasteiger partial charge in [-0.25, -0.2) is 9.18 Å². The summed E-state index contributed by atoms with van der Waals surface area (Å²) in [5.41, 5.74) is 4.36. The molecule has 4 aromatic rings. The Morgan fingerprint density at radius 2 is 1.83 bits per heavy atom. The smallest absolute Gasteiger partial charge is 0.326 e. The highest BCUT2D eigenvalue weighted by molar-refractivity contribution is 6.30. The number of amides is 2. The molecule has 1 aromatic heterocycles. The number of aromatic nitrogens is 2. The van der Waals surface area contributed by atoms with Gasteiger partial charge in [-0.05, 0) is 73.0 Å². The van der Waals surface area contributed by atoms with Gasteiger partial charge in [0.2, 0.25) is 5.82 Å². The second-order valence-corrected chi connectivity index (χ2v) is 8.66. The zero-order valence-electron chi connectivity index (χ0n) is 19.1. The quantitative estimate of drug-likeness (QED) is 0.335. The fourth-order valence-electron chi connectivity index (χ4n) is 4.20. The second kappa shape index (κ2) is 9.35. The molecule has 1 aliphatic rings. The summed E-state index contributed by atoms with van der Waals surface area (Å²) in [6.45, 7) is 3.89. The van der Waals surface area contributed by atoms with Crippen molar-refractivity contribution in [2.45, 2.75) is 26.3 Å². The van der Waals surface area contributed by atoms with Gasteiger partial charge < -0.3 is 9.84 Å². The summed E-state index contributed by atoms with van der Waals surface area (Å²) in [4.78, 5) is 19.5. The molecule has 0 radical (unpaired) electrons. The van der Waals surface area contributed by atoms with Crippen molar-refractivity contribution in [3.63, 3.8) is 0 Å². The Morgan fingerprint density at radius 3 is 2.51 bits per heavy atom. The molecule has 8 heteroatoms. The molecule has 0 fully saturated rings. The Kier molecular flexibility index (Phi) is 6.09. The number of hydrogen-bond acceptors (Lipinski definition) is 4. The van der Waals surface area contributed by atoms with Crippen molar-refractivity contribution in [1.82, 2.24) is 15.5 Å². The van der Waals surface area contributed by atoms with Gasteiger partial charge >= 0.3 is 6.03 Å². The molecule has 0 saturated carbocycles. The average molecular weight is 489 g/mol. The van der Waals surface area contributed by atoms with Gasteiger partial charge in [-0.15, -0.1) is 0 Å². The van der Waals surface area contributed by atoms with Crippen LogP contribution in [0.5, 0.6) is 0 Å². The lowest BCUT2D eigenvalue weighted by molar-refractivity contribution is 0.244. The number of urea groups is 1. The molecule has 0 saturated heterocycles. The minimum absolute atomic E-state index is 0.233. The molecule has 1 N–H and O–H groups in total. The SMILES string of the molecule is CCc1ccc(N2C(=O)NC(c3cccc(F)c3)C(c3nc(-c4ccc(Cl)cc4)no3)=C2C)cc1. The maximum atomic E-state index is 14.1. The van der Waals surface area contributed by atoms with Crippen LogP contribution >= 0.6 is 11.6 Å². The number of rotatable bonds is 5. The van der Waals surface area contributed by atoms with E-state index in [2.05, 4.69) is 22.4 Å². The number of nitrogens with one attached hydrogen (secondary N) is 1. The van der Waals surface area contributed by atoms with Crippen LogP contribution < -0.4 is 10.2 Å². The minimum Gasteiger partial charge on any atom is -0.334 e. The molecule has 1 unspecified atom stereocenters. The van der Waals surface area contributed by atoms with E-state index in [-0.39, 0.29) is 11.9 Å². The topological polar surface area (TPSA) is 71.3 Å². The third kappa shape index (κ3) is 4.42. The van der Waals surface area contributed by atoms with E-state index in [9.17, 15) is 9.18 Å². The number of nitrogens with zero attached hydrogens (tertiary/aromatic N) is 3. The summed E-state index contributed by atoms with van der Waals surface area (Å²) < 4.78 is 19.8. The van der Waals surface area contributed by atoms with Gasteiger partial charge in [0.05, 0.1) is 17.3 Å². The number of aryl methyl sites for hydroxylation is 1. The van der Waals surface area contributed by atoms with Gasteiger partial charge in [0.15, 0.2) is 0 Å². The van der Waals surface area contributed by atoms with Crippen LogP contribution in [-0.4, -0.2) is 16.2 Å². The molecule has 35 heavy (non-hydrogen) atoms. The molecule has 3 aromatic carbocycles. The predicted octanol–water partition coefficient (Wildman–Crippen LogP) is 6.79. The molecular formula is C27H22ClFN4O2. The van der Waals surface area contributed by atoms with Crippen molar-refractivity contribution >= 4 is 28.9 Å². The number of carbonyl (C=O) groups excluding carboxylic acids is 1. The fourth-order valence-corrected chi connectivity index (χ4v) is 4.32. The molecule has 2 heterocycles. The number of allylic oxidation sites excluding steroid dienone is 1. The Bertz CT molecular complexity index is 1410. The summed E-state index contributed by atoms with van der Waals surface area (Å²) in [5, 5.41) is 7.73. The average Bonchev–Trinajstić information content (AvgIpc) is 3.34. The van der Waals surface area contributed by atoms with E-state index in [1.54, 1.807) is 41.3 Å². The Hall–Kier alpha value is -3.97. The van der Waals surface area contributed by atoms with Gasteiger partial charge in [0.1, 0.15) is 5.82 Å². The van der Waals surface area contributed by atoms with E-state index in [1.165, 1.54) is 12.1 Å². The van der Waals surface area contributed by atoms with Gasteiger partial charge in [-0.1, -0.05) is 47.9 Å². The van der Waals surface area contributed by atoms with Crippen LogP contribution in [0.1, 0.15) is 36.9 Å². The molecule has 6 nitrogen and oxygen atoms in total. The molecule has 5 rings (SSSR count). The first-order chi connectivity index (χ1) is 16.9. The molecule has 0 spiro atoms. The van der Waals surface area contributed by atoms with Gasteiger partial charge in [0, 0.05) is 16.3 Å². The number of benzene rings is 3. The van der Waals surface area contributed by atoms with Crippen LogP contribution in [0.15, 0.2) is 83.0 Å². The fraction of sp³-hybridized carbons (Fsp3) is 0.148. The van der Waals surface area contributed by atoms with E-state index < -0.39 is 11.9 Å². The third-order valence-corrected chi connectivity index (χ3v) is 6.28. The first-order valence-electron chi connectivity index (χ1n) is 11.2. The van der Waals surface area contributed by atoms with Crippen LogP contribution in [0.4, 0.5) is 14.9 Å². The lowest BCUT2D eigenvalue weighted by Crippen LogP contribution is -2.46. The predicted molar refractivity (Wildman–Crippen MR) is 133 cm³/mol. The third-order valence-electron chi connectivity index (χ3n) is 6.03. The lowest BCUT2D eigenvalue weighted by atomic mass is 9.94. The van der Waals surface area contributed by atoms with Crippen molar-refractivity contribution in [3.05, 3.63) is 106 Å². The standard InChI is InChI=1S/C27H22ClFN4O2/c1-3-17-7-13-22(14-8-17)33-16(2)23(24(30-27(33)34)19-5-4-6-21(29)15-19)26-31-25(32-35-26)18-9-11-20(28)12-10-18/h4-15,24H,3H2,1-2H3,(H,30,34). The second-order valence-electron chi connectivity index (χ2n) is 8.22. The van der Waals surface area contributed by atoms with E-state index in [1.807, 2.05) is 31.2 Å². The molecule has 0 aliphatic carbocycles. The maximum Gasteiger partial charge on any atom is 0.326 e. The molecule has 1 atom stereocenters. The van der Waals surface area contributed by atoms with Crippen molar-refractivity contribution in [2.24, 2.45) is 0 Å². The summed E-state index contributed by atoms with van der Waals surface area (Å²) in [5.74, 6) is 0.210. The van der Waals surface area contributed by atoms with Crippen molar-refractivity contribution in [3.8, 4) is 11.4 Å². The molecular weight excluding hydrogens is 467 g/mol. The lowest BCUT2D eigenvalue weighted by Gasteiger charge is -2.35.